The summed E-state index contributed by atoms with van der Waals surface area (Å²) in [5.74, 6) is 1.36. The van der Waals surface area contributed by atoms with Crippen LogP contribution in [0.1, 0.15) is 32.1 Å². The summed E-state index contributed by atoms with van der Waals surface area (Å²) in [6, 6.07) is 5.42. The van der Waals surface area contributed by atoms with E-state index in [1.54, 1.807) is 4.90 Å². The number of benzene rings is 1. The van der Waals surface area contributed by atoms with Crippen LogP contribution in [-0.4, -0.2) is 43.8 Å². The summed E-state index contributed by atoms with van der Waals surface area (Å²) in [7, 11) is 0. The van der Waals surface area contributed by atoms with Gasteiger partial charge in [-0.25, -0.2) is 4.79 Å². The van der Waals surface area contributed by atoms with E-state index in [1.807, 2.05) is 18.2 Å². The smallest absolute Gasteiger partial charge is 0.315 e. The lowest BCUT2D eigenvalue weighted by molar-refractivity contribution is -0.117. The number of rotatable bonds is 3. The summed E-state index contributed by atoms with van der Waals surface area (Å²) in [5, 5.41) is 5.93. The molecule has 1 unspecified atom stereocenters. The first-order valence-corrected chi connectivity index (χ1v) is 8.96. The van der Waals surface area contributed by atoms with Gasteiger partial charge in [0.1, 0.15) is 13.2 Å². The maximum atomic E-state index is 12.4. The topological polar surface area (TPSA) is 79.9 Å². The Hall–Kier alpha value is -2.44. The molecule has 25 heavy (non-hydrogen) atoms. The maximum absolute atomic E-state index is 12.4. The van der Waals surface area contributed by atoms with E-state index < -0.39 is 0 Å². The molecule has 2 N–H and O–H groups in total. The van der Waals surface area contributed by atoms with Crippen LogP contribution in [0.15, 0.2) is 18.2 Å². The van der Waals surface area contributed by atoms with E-state index in [2.05, 4.69) is 10.6 Å². The van der Waals surface area contributed by atoms with Crippen LogP contribution in [0.2, 0.25) is 0 Å². The third kappa shape index (κ3) is 3.50. The van der Waals surface area contributed by atoms with Gasteiger partial charge in [-0.05, 0) is 25.0 Å². The highest BCUT2D eigenvalue weighted by atomic mass is 16.6. The van der Waals surface area contributed by atoms with Gasteiger partial charge < -0.3 is 25.0 Å². The highest BCUT2D eigenvalue weighted by Gasteiger charge is 2.32. The number of ether oxygens (including phenoxy) is 2. The Balaban J connectivity index is 1.37. The molecule has 7 heteroatoms. The van der Waals surface area contributed by atoms with Crippen LogP contribution in [-0.2, 0) is 4.79 Å². The first-order valence-electron chi connectivity index (χ1n) is 8.96. The molecular weight excluding hydrogens is 322 g/mol. The van der Waals surface area contributed by atoms with Crippen molar-refractivity contribution in [3.8, 4) is 11.5 Å². The summed E-state index contributed by atoms with van der Waals surface area (Å²) in [4.78, 5) is 26.2. The molecule has 1 aliphatic carbocycles. The number of carbonyl (C=O) groups excluding carboxylic acids is 2. The fraction of sp³-hybridized carbons (Fsp3) is 0.556. The van der Waals surface area contributed by atoms with Crippen LogP contribution in [0.3, 0.4) is 0 Å². The zero-order valence-corrected chi connectivity index (χ0v) is 14.1. The van der Waals surface area contributed by atoms with Crippen LogP contribution >= 0.6 is 0 Å². The molecule has 3 aliphatic rings. The van der Waals surface area contributed by atoms with Crippen molar-refractivity contribution in [3.63, 3.8) is 0 Å². The second-order valence-electron chi connectivity index (χ2n) is 6.83. The molecule has 1 aromatic carbocycles. The summed E-state index contributed by atoms with van der Waals surface area (Å²) < 4.78 is 11.1. The predicted molar refractivity (Wildman–Crippen MR) is 92.1 cm³/mol. The lowest BCUT2D eigenvalue weighted by Crippen LogP contribution is -2.46. The molecule has 4 rings (SSSR count). The lowest BCUT2D eigenvalue weighted by Gasteiger charge is -2.22. The molecule has 0 spiro atoms. The van der Waals surface area contributed by atoms with Crippen molar-refractivity contribution in [1.82, 2.24) is 10.6 Å². The van der Waals surface area contributed by atoms with Gasteiger partial charge in [0.2, 0.25) is 5.91 Å². The summed E-state index contributed by atoms with van der Waals surface area (Å²) in [5.41, 5.74) is 0.773. The Morgan fingerprint density at radius 3 is 2.56 bits per heavy atom. The number of anilines is 1. The van der Waals surface area contributed by atoms with E-state index in [0.717, 1.165) is 18.5 Å². The number of carbonyl (C=O) groups is 2. The van der Waals surface area contributed by atoms with Gasteiger partial charge in [-0.3, -0.25) is 4.79 Å². The maximum Gasteiger partial charge on any atom is 0.315 e. The summed E-state index contributed by atoms with van der Waals surface area (Å²) in [6.07, 6.45) is 4.74. The third-order valence-corrected chi connectivity index (χ3v) is 4.99. The fourth-order valence-electron chi connectivity index (χ4n) is 3.74. The monoisotopic (exact) mass is 345 g/mol. The number of amides is 3. The quantitative estimate of drug-likeness (QED) is 0.875. The molecule has 134 valence electrons. The lowest BCUT2D eigenvalue weighted by atomic mass is 10.2. The SMILES string of the molecule is O=C(NC1CCCC1)NC1CC(=O)N(c2ccc3c(c2)OCCO3)C1. The molecule has 2 aliphatic heterocycles. The second-order valence-corrected chi connectivity index (χ2v) is 6.83. The van der Waals surface area contributed by atoms with Gasteiger partial charge in [-0.1, -0.05) is 12.8 Å². The van der Waals surface area contributed by atoms with Crippen molar-refractivity contribution in [1.29, 1.82) is 0 Å². The van der Waals surface area contributed by atoms with Crippen LogP contribution < -0.4 is 25.0 Å². The molecule has 2 fully saturated rings. The zero-order chi connectivity index (χ0) is 17.2. The Kier molecular flexibility index (Phi) is 4.38. The van der Waals surface area contributed by atoms with Crippen molar-refractivity contribution in [2.45, 2.75) is 44.2 Å². The molecular formula is C18H23N3O4. The van der Waals surface area contributed by atoms with E-state index in [-0.39, 0.29) is 24.0 Å². The molecule has 0 bridgehead atoms. The van der Waals surface area contributed by atoms with Crippen molar-refractivity contribution in [2.75, 3.05) is 24.7 Å². The normalized spacial score (nSPS) is 23.0. The van der Waals surface area contributed by atoms with Crippen molar-refractivity contribution >= 4 is 17.6 Å². The molecule has 1 aromatic rings. The largest absolute Gasteiger partial charge is 0.486 e. The Morgan fingerprint density at radius 2 is 1.76 bits per heavy atom. The van der Waals surface area contributed by atoms with E-state index in [0.29, 0.717) is 37.7 Å². The van der Waals surface area contributed by atoms with E-state index >= 15 is 0 Å². The summed E-state index contributed by atoms with van der Waals surface area (Å²) in [6.45, 7) is 1.52. The predicted octanol–water partition coefficient (Wildman–Crippen LogP) is 1.80. The van der Waals surface area contributed by atoms with Gasteiger partial charge in [0, 0.05) is 30.8 Å². The van der Waals surface area contributed by atoms with Crippen LogP contribution in [0.25, 0.3) is 0 Å². The number of hydrogen-bond acceptors (Lipinski definition) is 4. The number of hydrogen-bond donors (Lipinski definition) is 2. The van der Waals surface area contributed by atoms with Gasteiger partial charge in [0.15, 0.2) is 11.5 Å². The van der Waals surface area contributed by atoms with Crippen LogP contribution in [0.5, 0.6) is 11.5 Å². The van der Waals surface area contributed by atoms with Crippen LogP contribution in [0, 0.1) is 0 Å². The minimum Gasteiger partial charge on any atom is -0.486 e. The van der Waals surface area contributed by atoms with Crippen molar-refractivity contribution in [3.05, 3.63) is 18.2 Å². The highest BCUT2D eigenvalue weighted by Crippen LogP contribution is 2.35. The molecule has 0 radical (unpaired) electrons. The minimum absolute atomic E-state index is 0.00263. The number of fused-ring (bicyclic) bond motifs is 1. The molecule has 3 amide bonds. The van der Waals surface area contributed by atoms with E-state index in [1.165, 1.54) is 12.8 Å². The third-order valence-electron chi connectivity index (χ3n) is 4.99. The molecule has 7 nitrogen and oxygen atoms in total. The molecule has 0 aromatic heterocycles. The Morgan fingerprint density at radius 1 is 1.04 bits per heavy atom. The number of urea groups is 1. The average molecular weight is 345 g/mol. The van der Waals surface area contributed by atoms with Gasteiger partial charge in [-0.2, -0.15) is 0 Å². The number of nitrogens with zero attached hydrogens (tertiary/aromatic N) is 1. The molecule has 1 atom stereocenters. The first kappa shape index (κ1) is 16.1. The first-order chi connectivity index (χ1) is 12.2. The van der Waals surface area contributed by atoms with Gasteiger partial charge >= 0.3 is 6.03 Å². The zero-order valence-electron chi connectivity index (χ0n) is 14.1. The van der Waals surface area contributed by atoms with E-state index in [9.17, 15) is 9.59 Å². The second kappa shape index (κ2) is 6.82. The number of nitrogens with one attached hydrogen (secondary N) is 2. The minimum atomic E-state index is -0.179. The standard InChI is InChI=1S/C18H23N3O4/c22-17-9-13(20-18(23)19-12-3-1-2-4-12)11-21(17)14-5-6-15-16(10-14)25-8-7-24-15/h5-6,10,12-13H,1-4,7-9,11H2,(H2,19,20,23). The van der Waals surface area contributed by atoms with E-state index in [4.69, 9.17) is 9.47 Å². The van der Waals surface area contributed by atoms with Gasteiger partial charge in [-0.15, -0.1) is 0 Å². The fourth-order valence-corrected chi connectivity index (χ4v) is 3.74. The highest BCUT2D eigenvalue weighted by molar-refractivity contribution is 5.97. The van der Waals surface area contributed by atoms with Crippen molar-refractivity contribution in [2.24, 2.45) is 0 Å². The van der Waals surface area contributed by atoms with Gasteiger partial charge in [0.05, 0.1) is 6.04 Å². The molecule has 1 saturated heterocycles. The Bertz CT molecular complexity index is 672. The van der Waals surface area contributed by atoms with Gasteiger partial charge in [0.25, 0.3) is 0 Å². The average Bonchev–Trinajstić information content (AvgIpc) is 3.24. The molecule has 2 heterocycles. The Labute approximate surface area is 146 Å². The van der Waals surface area contributed by atoms with Crippen LogP contribution in [0.4, 0.5) is 10.5 Å². The molecule has 1 saturated carbocycles. The van der Waals surface area contributed by atoms with Crippen molar-refractivity contribution < 1.29 is 19.1 Å². The summed E-state index contributed by atoms with van der Waals surface area (Å²) >= 11 is 0.